The number of aliphatic carboxylic acids is 1. The molecule has 90 valence electrons. The fraction of sp³-hybridized carbons (Fsp3) is 0.700. The summed E-state index contributed by atoms with van der Waals surface area (Å²) in [5.41, 5.74) is 0. The van der Waals surface area contributed by atoms with Crippen molar-refractivity contribution in [3.05, 3.63) is 12.2 Å². The zero-order valence-electron chi connectivity index (χ0n) is 9.60. The molecule has 1 aromatic rings. The molecule has 3 N–H and O–H groups in total. The summed E-state index contributed by atoms with van der Waals surface area (Å²) < 4.78 is 0. The molecular weight excluding hydrogens is 208 g/mol. The first-order chi connectivity index (χ1) is 7.59. The number of carbonyl (C=O) groups is 1. The molecule has 0 amide bonds. The van der Waals surface area contributed by atoms with Crippen LogP contribution in [0.5, 0.6) is 0 Å². The molecule has 1 atom stereocenters. The van der Waals surface area contributed by atoms with Crippen molar-refractivity contribution in [1.29, 1.82) is 0 Å². The highest BCUT2D eigenvalue weighted by atomic mass is 16.4. The summed E-state index contributed by atoms with van der Waals surface area (Å²) in [7, 11) is 0. The van der Waals surface area contributed by atoms with Gasteiger partial charge < -0.3 is 10.4 Å². The van der Waals surface area contributed by atoms with E-state index in [1.54, 1.807) is 0 Å². The van der Waals surface area contributed by atoms with Crippen LogP contribution in [0.15, 0.2) is 6.33 Å². The minimum absolute atomic E-state index is 0.360. The van der Waals surface area contributed by atoms with Crippen LogP contribution < -0.4 is 5.32 Å². The molecule has 0 aromatic carbocycles. The number of nitrogens with one attached hydrogen (secondary N) is 2. The van der Waals surface area contributed by atoms with E-state index in [1.807, 2.05) is 13.8 Å². The fourth-order valence-electron chi connectivity index (χ4n) is 1.46. The quantitative estimate of drug-likeness (QED) is 0.627. The van der Waals surface area contributed by atoms with Crippen LogP contribution in [-0.2, 0) is 11.2 Å². The van der Waals surface area contributed by atoms with Crippen molar-refractivity contribution in [2.75, 3.05) is 6.54 Å². The largest absolute Gasteiger partial charge is 0.480 e. The van der Waals surface area contributed by atoms with E-state index < -0.39 is 12.0 Å². The maximum atomic E-state index is 10.9. The molecule has 0 bridgehead atoms. The summed E-state index contributed by atoms with van der Waals surface area (Å²) in [6, 6.07) is -0.483. The number of hydrogen-bond donors (Lipinski definition) is 3. The average Bonchev–Trinajstić information content (AvgIpc) is 2.68. The first-order valence-electron chi connectivity index (χ1n) is 5.40. The molecule has 0 aliphatic heterocycles. The molecule has 0 spiro atoms. The number of aromatic amines is 1. The number of rotatable bonds is 7. The topological polar surface area (TPSA) is 90.9 Å². The van der Waals surface area contributed by atoms with E-state index in [4.69, 9.17) is 5.11 Å². The van der Waals surface area contributed by atoms with Gasteiger partial charge in [-0.1, -0.05) is 13.8 Å². The lowest BCUT2D eigenvalue weighted by molar-refractivity contribution is -0.139. The minimum Gasteiger partial charge on any atom is -0.480 e. The highest BCUT2D eigenvalue weighted by molar-refractivity contribution is 5.73. The van der Waals surface area contributed by atoms with Gasteiger partial charge in [0.2, 0.25) is 0 Å². The number of hydrogen-bond acceptors (Lipinski definition) is 4. The van der Waals surface area contributed by atoms with Gasteiger partial charge in [0.15, 0.2) is 0 Å². The zero-order valence-corrected chi connectivity index (χ0v) is 9.60. The number of H-pyrrole nitrogens is 1. The predicted octanol–water partition coefficient (Wildman–Crippen LogP) is 0.436. The van der Waals surface area contributed by atoms with Crippen LogP contribution >= 0.6 is 0 Å². The van der Waals surface area contributed by atoms with Gasteiger partial charge in [0, 0.05) is 13.0 Å². The third kappa shape index (κ3) is 4.39. The van der Waals surface area contributed by atoms with E-state index >= 15 is 0 Å². The molecule has 1 unspecified atom stereocenters. The lowest BCUT2D eigenvalue weighted by Gasteiger charge is -2.15. The van der Waals surface area contributed by atoms with Gasteiger partial charge in [-0.25, -0.2) is 4.98 Å². The summed E-state index contributed by atoms with van der Waals surface area (Å²) >= 11 is 0. The SMILES string of the molecule is CC(C)CC(NCCc1ncn[nH]1)C(=O)O. The molecule has 0 radical (unpaired) electrons. The van der Waals surface area contributed by atoms with Gasteiger partial charge in [-0.3, -0.25) is 9.89 Å². The molecule has 0 aliphatic rings. The molecule has 0 saturated carbocycles. The van der Waals surface area contributed by atoms with Gasteiger partial charge >= 0.3 is 5.97 Å². The first kappa shape index (κ1) is 12.6. The zero-order chi connectivity index (χ0) is 12.0. The third-order valence-corrected chi connectivity index (χ3v) is 2.22. The van der Waals surface area contributed by atoms with Crippen molar-refractivity contribution in [2.45, 2.75) is 32.7 Å². The van der Waals surface area contributed by atoms with Crippen LogP contribution in [0, 0.1) is 5.92 Å². The van der Waals surface area contributed by atoms with Crippen LogP contribution in [-0.4, -0.2) is 38.8 Å². The summed E-state index contributed by atoms with van der Waals surface area (Å²) in [6.07, 6.45) is 2.73. The van der Waals surface area contributed by atoms with Gasteiger partial charge in [-0.2, -0.15) is 5.10 Å². The van der Waals surface area contributed by atoms with Crippen LogP contribution in [0.3, 0.4) is 0 Å². The molecular formula is C10H18N4O2. The number of carboxylic acids is 1. The van der Waals surface area contributed by atoms with Crippen molar-refractivity contribution in [2.24, 2.45) is 5.92 Å². The molecule has 1 aromatic heterocycles. The van der Waals surface area contributed by atoms with Crippen LogP contribution in [0.2, 0.25) is 0 Å². The maximum Gasteiger partial charge on any atom is 0.320 e. The monoisotopic (exact) mass is 226 g/mol. The molecule has 0 aliphatic carbocycles. The lowest BCUT2D eigenvalue weighted by Crippen LogP contribution is -2.38. The van der Waals surface area contributed by atoms with Gasteiger partial charge in [0.1, 0.15) is 18.2 Å². The number of aromatic nitrogens is 3. The van der Waals surface area contributed by atoms with Crippen molar-refractivity contribution in [3.63, 3.8) is 0 Å². The molecule has 1 rings (SSSR count). The highest BCUT2D eigenvalue weighted by Crippen LogP contribution is 2.04. The Morgan fingerprint density at radius 1 is 1.62 bits per heavy atom. The van der Waals surface area contributed by atoms with E-state index in [0.29, 0.717) is 25.3 Å². The highest BCUT2D eigenvalue weighted by Gasteiger charge is 2.17. The Hall–Kier alpha value is -1.43. The maximum absolute atomic E-state index is 10.9. The first-order valence-corrected chi connectivity index (χ1v) is 5.40. The van der Waals surface area contributed by atoms with E-state index in [0.717, 1.165) is 5.82 Å². The third-order valence-electron chi connectivity index (χ3n) is 2.22. The van der Waals surface area contributed by atoms with Gasteiger partial charge in [0.25, 0.3) is 0 Å². The van der Waals surface area contributed by atoms with Crippen molar-refractivity contribution in [3.8, 4) is 0 Å². The van der Waals surface area contributed by atoms with Crippen LogP contribution in [0.25, 0.3) is 0 Å². The molecule has 6 heteroatoms. The number of carboxylic acid groups (broad SMARTS) is 1. The van der Waals surface area contributed by atoms with E-state index in [1.165, 1.54) is 6.33 Å². The Labute approximate surface area is 94.5 Å². The lowest BCUT2D eigenvalue weighted by atomic mass is 10.0. The Kier molecular flexibility index (Phi) is 4.91. The summed E-state index contributed by atoms with van der Waals surface area (Å²) in [5, 5.41) is 18.4. The van der Waals surface area contributed by atoms with Gasteiger partial charge in [0.05, 0.1) is 0 Å². The predicted molar refractivity (Wildman–Crippen MR) is 59.0 cm³/mol. The summed E-state index contributed by atoms with van der Waals surface area (Å²) in [5.74, 6) is 0.325. The van der Waals surface area contributed by atoms with Crippen molar-refractivity contribution in [1.82, 2.24) is 20.5 Å². The molecule has 0 fully saturated rings. The average molecular weight is 226 g/mol. The normalized spacial score (nSPS) is 12.9. The molecule has 0 saturated heterocycles. The standard InChI is InChI=1S/C10H18N4O2/c1-7(2)5-8(10(15)16)11-4-3-9-12-6-13-14-9/h6-8,11H,3-5H2,1-2H3,(H,15,16)(H,12,13,14). The molecule has 6 nitrogen and oxygen atoms in total. The van der Waals surface area contributed by atoms with E-state index in [9.17, 15) is 4.79 Å². The summed E-state index contributed by atoms with van der Waals surface area (Å²) in [4.78, 5) is 14.9. The fourth-order valence-corrected chi connectivity index (χ4v) is 1.46. The van der Waals surface area contributed by atoms with Crippen LogP contribution in [0.1, 0.15) is 26.1 Å². The van der Waals surface area contributed by atoms with E-state index in [2.05, 4.69) is 20.5 Å². The number of nitrogens with zero attached hydrogens (tertiary/aromatic N) is 2. The molecule has 1 heterocycles. The Morgan fingerprint density at radius 2 is 2.38 bits per heavy atom. The van der Waals surface area contributed by atoms with E-state index in [-0.39, 0.29) is 0 Å². The second kappa shape index (κ2) is 6.22. The summed E-state index contributed by atoms with van der Waals surface area (Å²) in [6.45, 7) is 4.60. The van der Waals surface area contributed by atoms with Gasteiger partial charge in [-0.05, 0) is 12.3 Å². The molecule has 16 heavy (non-hydrogen) atoms. The van der Waals surface area contributed by atoms with Crippen molar-refractivity contribution >= 4 is 5.97 Å². The second-order valence-electron chi connectivity index (χ2n) is 4.16. The van der Waals surface area contributed by atoms with Crippen molar-refractivity contribution < 1.29 is 9.90 Å². The Balaban J connectivity index is 2.30. The minimum atomic E-state index is -0.800. The Morgan fingerprint density at radius 3 is 2.88 bits per heavy atom. The smallest absolute Gasteiger partial charge is 0.320 e. The van der Waals surface area contributed by atoms with Crippen LogP contribution in [0.4, 0.5) is 0 Å². The Bertz CT molecular complexity index is 311. The second-order valence-corrected chi connectivity index (χ2v) is 4.16. The van der Waals surface area contributed by atoms with Gasteiger partial charge in [-0.15, -0.1) is 0 Å².